The second-order valence-corrected chi connectivity index (χ2v) is 3.16. The molecule has 1 amide bonds. The van der Waals surface area contributed by atoms with Gasteiger partial charge in [-0.15, -0.1) is 0 Å². The van der Waals surface area contributed by atoms with Crippen molar-refractivity contribution in [2.24, 2.45) is 5.73 Å². The van der Waals surface area contributed by atoms with E-state index in [1.807, 2.05) is 0 Å². The molecule has 4 nitrogen and oxygen atoms in total. The van der Waals surface area contributed by atoms with Crippen molar-refractivity contribution in [3.8, 4) is 0 Å². The smallest absolute Gasteiger partial charge is 0.231 e. The van der Waals surface area contributed by atoms with E-state index in [0.717, 1.165) is 19.3 Å². The molecule has 1 aliphatic rings. The standard InChI is InChI=1S/C8H16N2O2/c1-12-7-4-2-3-6(7)10-5-8(9)11/h6-7,10H,2-5H2,1H3,(H2,9,11)/t6-,7-/m1/s1. The highest BCUT2D eigenvalue weighted by Gasteiger charge is 2.26. The first-order valence-electron chi connectivity index (χ1n) is 4.28. The van der Waals surface area contributed by atoms with Gasteiger partial charge in [0.2, 0.25) is 5.91 Å². The van der Waals surface area contributed by atoms with Gasteiger partial charge in [-0.2, -0.15) is 0 Å². The molecule has 0 heterocycles. The van der Waals surface area contributed by atoms with Crippen molar-refractivity contribution >= 4 is 5.91 Å². The summed E-state index contributed by atoms with van der Waals surface area (Å²) < 4.78 is 5.24. The molecule has 0 saturated heterocycles. The van der Waals surface area contributed by atoms with E-state index in [0.29, 0.717) is 6.04 Å². The molecule has 1 fully saturated rings. The number of carbonyl (C=O) groups excluding carboxylic acids is 1. The lowest BCUT2D eigenvalue weighted by atomic mass is 10.2. The highest BCUT2D eigenvalue weighted by molar-refractivity contribution is 5.75. The van der Waals surface area contributed by atoms with Gasteiger partial charge in [-0.1, -0.05) is 0 Å². The minimum atomic E-state index is -0.309. The highest BCUT2D eigenvalue weighted by Crippen LogP contribution is 2.20. The Morgan fingerprint density at radius 3 is 3.00 bits per heavy atom. The van der Waals surface area contributed by atoms with E-state index in [4.69, 9.17) is 10.5 Å². The summed E-state index contributed by atoms with van der Waals surface area (Å²) >= 11 is 0. The van der Waals surface area contributed by atoms with Crippen LogP contribution in [0, 0.1) is 0 Å². The normalized spacial score (nSPS) is 29.1. The Morgan fingerprint density at radius 2 is 2.42 bits per heavy atom. The minimum Gasteiger partial charge on any atom is -0.380 e. The topological polar surface area (TPSA) is 64.3 Å². The van der Waals surface area contributed by atoms with Crippen LogP contribution in [0.1, 0.15) is 19.3 Å². The summed E-state index contributed by atoms with van der Waals surface area (Å²) in [6.45, 7) is 0.254. The predicted molar refractivity (Wildman–Crippen MR) is 45.6 cm³/mol. The molecule has 1 saturated carbocycles. The van der Waals surface area contributed by atoms with Gasteiger partial charge in [0.1, 0.15) is 0 Å². The van der Waals surface area contributed by atoms with Crippen LogP contribution in [0.15, 0.2) is 0 Å². The Hall–Kier alpha value is -0.610. The molecular formula is C8H16N2O2. The highest BCUT2D eigenvalue weighted by atomic mass is 16.5. The van der Waals surface area contributed by atoms with Gasteiger partial charge in [0.05, 0.1) is 12.6 Å². The molecule has 4 heteroatoms. The van der Waals surface area contributed by atoms with Gasteiger partial charge in [-0.3, -0.25) is 4.79 Å². The molecular weight excluding hydrogens is 156 g/mol. The van der Waals surface area contributed by atoms with Crippen LogP contribution in [0.5, 0.6) is 0 Å². The number of nitrogens with one attached hydrogen (secondary N) is 1. The number of nitrogens with two attached hydrogens (primary N) is 1. The molecule has 2 atom stereocenters. The van der Waals surface area contributed by atoms with Crippen molar-refractivity contribution in [3.05, 3.63) is 0 Å². The van der Waals surface area contributed by atoms with Crippen molar-refractivity contribution in [2.45, 2.75) is 31.4 Å². The summed E-state index contributed by atoms with van der Waals surface area (Å²) in [4.78, 5) is 10.5. The van der Waals surface area contributed by atoms with Crippen molar-refractivity contribution in [3.63, 3.8) is 0 Å². The van der Waals surface area contributed by atoms with Crippen molar-refractivity contribution in [2.75, 3.05) is 13.7 Å². The molecule has 0 radical (unpaired) electrons. The maximum absolute atomic E-state index is 10.5. The Kier molecular flexibility index (Phi) is 3.49. The van der Waals surface area contributed by atoms with Gasteiger partial charge < -0.3 is 15.8 Å². The second-order valence-electron chi connectivity index (χ2n) is 3.16. The van der Waals surface area contributed by atoms with E-state index in [1.54, 1.807) is 7.11 Å². The van der Waals surface area contributed by atoms with E-state index in [2.05, 4.69) is 5.32 Å². The average Bonchev–Trinajstić information content (AvgIpc) is 2.47. The van der Waals surface area contributed by atoms with Gasteiger partial charge in [0.25, 0.3) is 0 Å². The number of rotatable bonds is 4. The van der Waals surface area contributed by atoms with E-state index < -0.39 is 0 Å². The molecule has 70 valence electrons. The fourth-order valence-electron chi connectivity index (χ4n) is 1.67. The number of primary amides is 1. The number of hydrogen-bond acceptors (Lipinski definition) is 3. The Labute approximate surface area is 72.5 Å². The first kappa shape index (κ1) is 9.48. The first-order chi connectivity index (χ1) is 5.74. The van der Waals surface area contributed by atoms with E-state index >= 15 is 0 Å². The second kappa shape index (κ2) is 4.42. The number of ether oxygens (including phenoxy) is 1. The summed E-state index contributed by atoms with van der Waals surface area (Å²) in [6.07, 6.45) is 3.57. The van der Waals surface area contributed by atoms with Crippen LogP contribution in [0.3, 0.4) is 0 Å². The van der Waals surface area contributed by atoms with Gasteiger partial charge in [0.15, 0.2) is 0 Å². The third kappa shape index (κ3) is 2.46. The molecule has 1 aliphatic carbocycles. The number of hydrogen-bond donors (Lipinski definition) is 2. The predicted octanol–water partition coefficient (Wildman–Crippen LogP) is -0.371. The fraction of sp³-hybridized carbons (Fsp3) is 0.875. The SMILES string of the molecule is CO[C@@H]1CCC[C@H]1NCC(N)=O. The van der Waals surface area contributed by atoms with Crippen molar-refractivity contribution in [1.82, 2.24) is 5.32 Å². The molecule has 3 N–H and O–H groups in total. The van der Waals surface area contributed by atoms with Gasteiger partial charge in [-0.25, -0.2) is 0 Å². The summed E-state index contributed by atoms with van der Waals surface area (Å²) in [7, 11) is 1.70. The molecule has 0 aromatic heterocycles. The molecule has 0 spiro atoms. The zero-order valence-corrected chi connectivity index (χ0v) is 7.38. The van der Waals surface area contributed by atoms with Crippen LogP contribution in [0.2, 0.25) is 0 Å². The summed E-state index contributed by atoms with van der Waals surface area (Å²) in [5.41, 5.74) is 5.02. The molecule has 0 aromatic rings. The lowest BCUT2D eigenvalue weighted by Gasteiger charge is -2.18. The number of methoxy groups -OCH3 is 1. The minimum absolute atomic E-state index is 0.254. The quantitative estimate of drug-likeness (QED) is 0.608. The van der Waals surface area contributed by atoms with E-state index in [-0.39, 0.29) is 18.6 Å². The van der Waals surface area contributed by atoms with Crippen LogP contribution in [0.4, 0.5) is 0 Å². The fourth-order valence-corrected chi connectivity index (χ4v) is 1.67. The average molecular weight is 172 g/mol. The number of amides is 1. The summed E-state index contributed by atoms with van der Waals surface area (Å²) in [5.74, 6) is -0.309. The summed E-state index contributed by atoms with van der Waals surface area (Å²) in [6, 6.07) is 0.308. The Bertz CT molecular complexity index is 161. The molecule has 12 heavy (non-hydrogen) atoms. The lowest BCUT2D eigenvalue weighted by molar-refractivity contribution is -0.117. The number of carbonyl (C=O) groups is 1. The zero-order valence-electron chi connectivity index (χ0n) is 7.38. The van der Waals surface area contributed by atoms with Crippen molar-refractivity contribution < 1.29 is 9.53 Å². The first-order valence-corrected chi connectivity index (χ1v) is 4.28. The molecule has 0 aromatic carbocycles. The Morgan fingerprint density at radius 1 is 1.67 bits per heavy atom. The van der Waals surface area contributed by atoms with Crippen LogP contribution in [-0.4, -0.2) is 31.7 Å². The lowest BCUT2D eigenvalue weighted by Crippen LogP contribution is -2.41. The third-order valence-corrected chi connectivity index (χ3v) is 2.29. The van der Waals surface area contributed by atoms with Crippen LogP contribution >= 0.6 is 0 Å². The van der Waals surface area contributed by atoms with Crippen LogP contribution in [0.25, 0.3) is 0 Å². The Balaban J connectivity index is 2.26. The molecule has 0 aliphatic heterocycles. The maximum atomic E-state index is 10.5. The van der Waals surface area contributed by atoms with Gasteiger partial charge in [-0.05, 0) is 19.3 Å². The van der Waals surface area contributed by atoms with Gasteiger partial charge in [0, 0.05) is 13.2 Å². The third-order valence-electron chi connectivity index (χ3n) is 2.29. The van der Waals surface area contributed by atoms with Crippen LogP contribution in [-0.2, 0) is 9.53 Å². The molecule has 0 unspecified atom stereocenters. The monoisotopic (exact) mass is 172 g/mol. The zero-order chi connectivity index (χ0) is 8.97. The largest absolute Gasteiger partial charge is 0.380 e. The van der Waals surface area contributed by atoms with E-state index in [9.17, 15) is 4.79 Å². The molecule has 0 bridgehead atoms. The van der Waals surface area contributed by atoms with Crippen molar-refractivity contribution in [1.29, 1.82) is 0 Å². The maximum Gasteiger partial charge on any atom is 0.231 e. The summed E-state index contributed by atoms with van der Waals surface area (Å²) in [5, 5.41) is 3.08. The van der Waals surface area contributed by atoms with E-state index in [1.165, 1.54) is 0 Å². The van der Waals surface area contributed by atoms with Gasteiger partial charge >= 0.3 is 0 Å². The van der Waals surface area contributed by atoms with Crippen LogP contribution < -0.4 is 11.1 Å². The molecule has 1 rings (SSSR count).